The fourth-order valence-corrected chi connectivity index (χ4v) is 0.442. The van der Waals surface area contributed by atoms with Crippen molar-refractivity contribution >= 4 is 16.8 Å². The van der Waals surface area contributed by atoms with Crippen LogP contribution in [0.15, 0.2) is 17.1 Å². The topological polar surface area (TPSA) is 36.1 Å². The van der Waals surface area contributed by atoms with Crippen LogP contribution in [0.25, 0.3) is 0 Å². The van der Waals surface area contributed by atoms with Crippen LogP contribution >= 0.6 is 11.6 Å². The van der Waals surface area contributed by atoms with Crippen LogP contribution in [0.3, 0.4) is 0 Å². The lowest BCUT2D eigenvalue weighted by molar-refractivity contribution is 1.14. The van der Waals surface area contributed by atoms with Crippen LogP contribution in [0.4, 0.5) is 0 Å². The molecule has 0 saturated heterocycles. The molecule has 48 valence electrons. The Morgan fingerprint density at radius 1 is 1.89 bits per heavy atom. The third kappa shape index (κ3) is 2.89. The molecule has 0 rings (SSSR count). The van der Waals surface area contributed by atoms with Gasteiger partial charge in [-0.15, -0.1) is 0 Å². The zero-order chi connectivity index (χ0) is 7.28. The van der Waals surface area contributed by atoms with Crippen LogP contribution in [-0.2, 0) is 0 Å². The molecule has 0 radical (unpaired) electrons. The highest BCUT2D eigenvalue weighted by atomic mass is 35.5. The number of nitrogens with zero attached hydrogens (tertiary/aromatic N) is 2. The Balaban J connectivity index is 4.07. The van der Waals surface area contributed by atoms with E-state index >= 15 is 0 Å². The molecule has 0 unspecified atom stereocenters. The van der Waals surface area contributed by atoms with Crippen LogP contribution in [0.1, 0.15) is 6.92 Å². The van der Waals surface area contributed by atoms with Crippen LogP contribution in [0, 0.1) is 11.3 Å². The van der Waals surface area contributed by atoms with Crippen molar-refractivity contribution < 1.29 is 0 Å². The van der Waals surface area contributed by atoms with Gasteiger partial charge in [0.15, 0.2) is 0 Å². The maximum Gasteiger partial charge on any atom is 0.140 e. The number of rotatable bonds is 2. The van der Waals surface area contributed by atoms with E-state index in [0.717, 1.165) is 0 Å². The minimum absolute atomic E-state index is 0.208. The van der Waals surface area contributed by atoms with E-state index in [9.17, 15) is 0 Å². The van der Waals surface area contributed by atoms with Gasteiger partial charge in [0.25, 0.3) is 0 Å². The molecule has 0 aromatic rings. The molecule has 0 heterocycles. The molecule has 0 atom stereocenters. The lowest BCUT2D eigenvalue weighted by Crippen LogP contribution is -1.89. The Bertz CT molecular complexity index is 176. The van der Waals surface area contributed by atoms with E-state index in [2.05, 4.69) is 11.6 Å². The summed E-state index contributed by atoms with van der Waals surface area (Å²) in [7, 11) is 0. The number of allylic oxidation sites excluding steroid dienone is 1. The highest BCUT2D eigenvalue weighted by Crippen LogP contribution is 1.97. The Kier molecular flexibility index (Phi) is 3.74. The highest BCUT2D eigenvalue weighted by molar-refractivity contribution is 6.70. The summed E-state index contributed by atoms with van der Waals surface area (Å²) in [5.74, 6) is 0. The number of halogens is 1. The Hall–Kier alpha value is -0.810. The van der Waals surface area contributed by atoms with E-state index in [1.807, 2.05) is 6.92 Å². The monoisotopic (exact) mass is 142 g/mol. The molecule has 0 amide bonds. The number of nitriles is 1. The zero-order valence-electron chi connectivity index (χ0n) is 5.19. The Morgan fingerprint density at radius 3 is 2.78 bits per heavy atom. The smallest absolute Gasteiger partial charge is 0.140 e. The first-order chi connectivity index (χ1) is 4.22. The van der Waals surface area contributed by atoms with Crippen molar-refractivity contribution in [2.24, 2.45) is 4.99 Å². The fourth-order valence-electron chi connectivity index (χ4n) is 0.280. The summed E-state index contributed by atoms with van der Waals surface area (Å²) in [6.45, 7) is 5.79. The normalized spacial score (nSPS) is 10.6. The maximum absolute atomic E-state index is 8.22. The number of hydrogen-bond donors (Lipinski definition) is 0. The molecular weight excluding hydrogens is 136 g/mol. The van der Waals surface area contributed by atoms with E-state index in [4.69, 9.17) is 16.9 Å². The van der Waals surface area contributed by atoms with Gasteiger partial charge in [0, 0.05) is 6.54 Å². The summed E-state index contributed by atoms with van der Waals surface area (Å²) in [5.41, 5.74) is 0.221. The summed E-state index contributed by atoms with van der Waals surface area (Å²) in [4.78, 5) is 3.76. The summed E-state index contributed by atoms with van der Waals surface area (Å²) in [5, 5.41) is 8.43. The van der Waals surface area contributed by atoms with Crippen molar-refractivity contribution in [2.75, 3.05) is 6.54 Å². The minimum atomic E-state index is 0.208. The first-order valence-corrected chi connectivity index (χ1v) is 2.89. The van der Waals surface area contributed by atoms with Crippen LogP contribution in [-0.4, -0.2) is 11.7 Å². The summed E-state index contributed by atoms with van der Waals surface area (Å²) in [6, 6.07) is 1.79. The molecule has 0 aromatic heterocycles. The number of hydrogen-bond acceptors (Lipinski definition) is 2. The summed E-state index contributed by atoms with van der Waals surface area (Å²) in [6.07, 6.45) is 0. The molecule has 0 aliphatic carbocycles. The second-order valence-corrected chi connectivity index (χ2v) is 1.71. The van der Waals surface area contributed by atoms with Crippen LogP contribution in [0.5, 0.6) is 0 Å². The quantitative estimate of drug-likeness (QED) is 0.427. The Labute approximate surface area is 59.5 Å². The molecule has 0 aliphatic heterocycles. The molecule has 0 aromatic carbocycles. The van der Waals surface area contributed by atoms with Crippen LogP contribution in [0.2, 0.25) is 0 Å². The molecule has 9 heavy (non-hydrogen) atoms. The lowest BCUT2D eigenvalue weighted by atomic mass is 10.4. The van der Waals surface area contributed by atoms with Crippen molar-refractivity contribution in [1.29, 1.82) is 5.26 Å². The fraction of sp³-hybridized carbons (Fsp3) is 0.333. The molecule has 2 nitrogen and oxygen atoms in total. The molecular formula is C6H7ClN2. The molecule has 0 spiro atoms. The zero-order valence-corrected chi connectivity index (χ0v) is 5.94. The third-order valence-corrected chi connectivity index (χ3v) is 1.03. The second-order valence-electron chi connectivity index (χ2n) is 1.36. The molecule has 0 bridgehead atoms. The predicted molar refractivity (Wildman–Crippen MR) is 38.6 cm³/mol. The average Bonchev–Trinajstić information content (AvgIpc) is 1.87. The van der Waals surface area contributed by atoms with E-state index in [1.54, 1.807) is 6.07 Å². The van der Waals surface area contributed by atoms with E-state index in [-0.39, 0.29) is 10.7 Å². The van der Waals surface area contributed by atoms with Crippen molar-refractivity contribution in [3.63, 3.8) is 0 Å². The van der Waals surface area contributed by atoms with Crippen LogP contribution < -0.4 is 0 Å². The van der Waals surface area contributed by atoms with Crippen molar-refractivity contribution in [3.05, 3.63) is 12.2 Å². The molecule has 0 N–H and O–H groups in total. The molecule has 0 saturated carbocycles. The number of aliphatic imine (C=N–C) groups is 1. The van der Waals surface area contributed by atoms with Gasteiger partial charge in [-0.05, 0) is 6.92 Å². The minimum Gasteiger partial charge on any atom is -0.272 e. The largest absolute Gasteiger partial charge is 0.272 e. The first-order valence-electron chi connectivity index (χ1n) is 2.51. The lowest BCUT2D eigenvalue weighted by Gasteiger charge is -1.88. The first kappa shape index (κ1) is 8.19. The standard InChI is InChI=1S/C6H7ClN2/c1-3-9-6(7)5(2)4-8/h2-3H2,1H3. The van der Waals surface area contributed by atoms with Crippen molar-refractivity contribution in [2.45, 2.75) is 6.92 Å². The van der Waals surface area contributed by atoms with Crippen molar-refractivity contribution in [3.8, 4) is 6.07 Å². The van der Waals surface area contributed by atoms with Gasteiger partial charge in [-0.2, -0.15) is 5.26 Å². The van der Waals surface area contributed by atoms with Gasteiger partial charge in [0.05, 0.1) is 5.57 Å². The van der Waals surface area contributed by atoms with E-state index in [0.29, 0.717) is 6.54 Å². The van der Waals surface area contributed by atoms with Gasteiger partial charge in [-0.25, -0.2) is 0 Å². The van der Waals surface area contributed by atoms with Gasteiger partial charge in [-0.3, -0.25) is 4.99 Å². The van der Waals surface area contributed by atoms with Crippen molar-refractivity contribution in [1.82, 2.24) is 0 Å². The third-order valence-electron chi connectivity index (χ3n) is 0.681. The maximum atomic E-state index is 8.22. The average molecular weight is 143 g/mol. The van der Waals surface area contributed by atoms with Gasteiger partial charge in [-0.1, -0.05) is 18.2 Å². The van der Waals surface area contributed by atoms with Gasteiger partial charge < -0.3 is 0 Å². The van der Waals surface area contributed by atoms with E-state index in [1.165, 1.54) is 0 Å². The molecule has 0 fully saturated rings. The predicted octanol–water partition coefficient (Wildman–Crippen LogP) is 1.72. The highest BCUT2D eigenvalue weighted by Gasteiger charge is 1.95. The second kappa shape index (κ2) is 4.11. The van der Waals surface area contributed by atoms with Gasteiger partial charge >= 0.3 is 0 Å². The van der Waals surface area contributed by atoms with E-state index < -0.39 is 0 Å². The Morgan fingerprint density at radius 2 is 2.44 bits per heavy atom. The summed E-state index contributed by atoms with van der Waals surface area (Å²) < 4.78 is 0. The SMILES string of the molecule is C=C(C#N)C(Cl)=NCC. The molecule has 0 aliphatic rings. The van der Waals surface area contributed by atoms with Gasteiger partial charge in [0.1, 0.15) is 11.2 Å². The summed E-state index contributed by atoms with van der Waals surface area (Å²) >= 11 is 5.46. The molecule has 3 heteroatoms. The van der Waals surface area contributed by atoms with Gasteiger partial charge in [0.2, 0.25) is 0 Å².